The van der Waals surface area contributed by atoms with Crippen LogP contribution in [0.4, 0.5) is 0 Å². The molecule has 0 aliphatic rings. The van der Waals surface area contributed by atoms with Gasteiger partial charge in [-0.2, -0.15) is 0 Å². The number of hydrogen-bond donors (Lipinski definition) is 0. The van der Waals surface area contributed by atoms with Crippen LogP contribution in [0.25, 0.3) is 33.4 Å². The first-order valence-electron chi connectivity index (χ1n) is 8.32. The molecule has 0 N–H and O–H groups in total. The number of fused-ring (bicyclic) bond motifs is 1. The van der Waals surface area contributed by atoms with Crippen LogP contribution in [0.15, 0.2) is 85.6 Å². The van der Waals surface area contributed by atoms with Crippen molar-refractivity contribution in [1.82, 2.24) is 4.98 Å². The summed E-state index contributed by atoms with van der Waals surface area (Å²) in [5, 5.41) is 0.467. The normalized spacial score (nSPS) is 11.6. The Morgan fingerprint density at radius 2 is 1.68 bits per heavy atom. The minimum Gasteiger partial charge on any atom is -0.455 e. The molecule has 0 saturated carbocycles. The molecule has 0 aliphatic heterocycles. The minimum atomic E-state index is -3.32. The molecule has 0 spiro atoms. The molecule has 2 aromatic carbocycles. The Kier molecular flexibility index (Phi) is 4.64. The molecule has 0 aliphatic carbocycles. The summed E-state index contributed by atoms with van der Waals surface area (Å²) in [4.78, 5) is 17.6. The van der Waals surface area contributed by atoms with E-state index in [1.165, 1.54) is 12.1 Å². The van der Waals surface area contributed by atoms with E-state index in [0.717, 1.165) is 10.7 Å². The molecule has 0 saturated heterocycles. The fourth-order valence-electron chi connectivity index (χ4n) is 3.01. The van der Waals surface area contributed by atoms with Crippen molar-refractivity contribution in [2.45, 2.75) is 4.90 Å². The van der Waals surface area contributed by atoms with Crippen molar-refractivity contribution < 1.29 is 12.8 Å². The number of rotatable bonds is 3. The summed E-state index contributed by atoms with van der Waals surface area (Å²) in [7, 11) is -3.32. The van der Waals surface area contributed by atoms with E-state index in [9.17, 15) is 13.2 Å². The van der Waals surface area contributed by atoms with Crippen molar-refractivity contribution in [2.24, 2.45) is 0 Å². The van der Waals surface area contributed by atoms with E-state index in [1.807, 2.05) is 0 Å². The summed E-state index contributed by atoms with van der Waals surface area (Å²) in [6, 6.07) is 15.1. The first-order chi connectivity index (χ1) is 13.3. The van der Waals surface area contributed by atoms with Gasteiger partial charge in [-0.1, -0.05) is 12.1 Å². The maximum absolute atomic E-state index is 13.3. The highest BCUT2D eigenvalue weighted by molar-refractivity contribution is 9.10. The van der Waals surface area contributed by atoms with Crippen LogP contribution in [0.2, 0.25) is 0 Å². The van der Waals surface area contributed by atoms with Crippen LogP contribution in [0.5, 0.6) is 0 Å². The molecule has 5 nitrogen and oxygen atoms in total. The number of pyridine rings is 1. The molecule has 0 atom stereocenters. The van der Waals surface area contributed by atoms with Crippen molar-refractivity contribution in [3.63, 3.8) is 0 Å². The van der Waals surface area contributed by atoms with Crippen molar-refractivity contribution in [2.75, 3.05) is 6.26 Å². The third-order valence-electron chi connectivity index (χ3n) is 4.34. The lowest BCUT2D eigenvalue weighted by Gasteiger charge is -2.11. The Bertz CT molecular complexity index is 1360. The zero-order valence-corrected chi connectivity index (χ0v) is 17.1. The standard InChI is InChI=1S/C21H14BrNO4S/c1-28(25,26)16-8-6-13(7-9-16)21-19(14-10-15(22)12-23-11-14)20(24)17-4-2-3-5-18(17)27-21/h2-12H,1H3. The van der Waals surface area contributed by atoms with Crippen LogP contribution in [-0.4, -0.2) is 19.7 Å². The van der Waals surface area contributed by atoms with Crippen LogP contribution < -0.4 is 5.43 Å². The lowest BCUT2D eigenvalue weighted by atomic mass is 9.99. The number of benzene rings is 2. The smallest absolute Gasteiger partial charge is 0.201 e. The molecular weight excluding hydrogens is 442 g/mol. The summed E-state index contributed by atoms with van der Waals surface area (Å²) >= 11 is 3.38. The molecule has 0 fully saturated rings. The van der Waals surface area contributed by atoms with Crippen molar-refractivity contribution in [3.05, 3.63) is 81.7 Å². The fourth-order valence-corrected chi connectivity index (χ4v) is 4.00. The van der Waals surface area contributed by atoms with Crippen molar-refractivity contribution >= 4 is 36.7 Å². The molecule has 2 aromatic heterocycles. The first kappa shape index (κ1) is 18.6. The second-order valence-electron chi connectivity index (χ2n) is 6.32. The van der Waals surface area contributed by atoms with E-state index in [4.69, 9.17) is 4.42 Å². The first-order valence-corrected chi connectivity index (χ1v) is 11.0. The van der Waals surface area contributed by atoms with E-state index in [1.54, 1.807) is 54.9 Å². The quantitative estimate of drug-likeness (QED) is 0.447. The monoisotopic (exact) mass is 455 g/mol. The summed E-state index contributed by atoms with van der Waals surface area (Å²) in [6.45, 7) is 0. The van der Waals surface area contributed by atoms with Gasteiger partial charge in [-0.3, -0.25) is 9.78 Å². The fraction of sp³-hybridized carbons (Fsp3) is 0.0476. The Balaban J connectivity index is 2.04. The molecule has 4 rings (SSSR count). The van der Waals surface area contributed by atoms with E-state index in [-0.39, 0.29) is 10.3 Å². The molecule has 7 heteroatoms. The zero-order valence-electron chi connectivity index (χ0n) is 14.7. The maximum Gasteiger partial charge on any atom is 0.201 e. The second-order valence-corrected chi connectivity index (χ2v) is 9.25. The van der Waals surface area contributed by atoms with E-state index in [0.29, 0.717) is 33.4 Å². The molecule has 4 aromatic rings. The average molecular weight is 456 g/mol. The Labute approximate surface area is 169 Å². The topological polar surface area (TPSA) is 77.2 Å². The van der Waals surface area contributed by atoms with Crippen LogP contribution in [0.1, 0.15) is 0 Å². The SMILES string of the molecule is CS(=O)(=O)c1ccc(-c2oc3ccccc3c(=O)c2-c2cncc(Br)c2)cc1. The Hall–Kier alpha value is -2.77. The molecule has 0 unspecified atom stereocenters. The Morgan fingerprint density at radius 1 is 0.964 bits per heavy atom. The summed E-state index contributed by atoms with van der Waals surface area (Å²) in [5.74, 6) is 0.364. The number of aromatic nitrogens is 1. The molecule has 0 amide bonds. The van der Waals surface area contributed by atoms with Gasteiger partial charge in [0.15, 0.2) is 9.84 Å². The number of para-hydroxylation sites is 1. The van der Waals surface area contributed by atoms with Crippen LogP contribution in [0, 0.1) is 0 Å². The predicted molar refractivity (Wildman–Crippen MR) is 112 cm³/mol. The predicted octanol–water partition coefficient (Wildman–Crippen LogP) is 4.69. The van der Waals surface area contributed by atoms with Gasteiger partial charge in [0.05, 0.1) is 15.8 Å². The second kappa shape index (κ2) is 7.00. The third kappa shape index (κ3) is 3.39. The van der Waals surface area contributed by atoms with Gasteiger partial charge in [0.2, 0.25) is 5.43 Å². The lowest BCUT2D eigenvalue weighted by Crippen LogP contribution is -2.07. The van der Waals surface area contributed by atoms with Gasteiger partial charge in [0.1, 0.15) is 11.3 Å². The summed E-state index contributed by atoms with van der Waals surface area (Å²) in [5.41, 5.74) is 1.87. The van der Waals surface area contributed by atoms with Gasteiger partial charge < -0.3 is 4.42 Å². The minimum absolute atomic E-state index is 0.177. The molecule has 0 bridgehead atoms. The van der Waals surface area contributed by atoms with Gasteiger partial charge in [-0.15, -0.1) is 0 Å². The van der Waals surface area contributed by atoms with Crippen LogP contribution in [-0.2, 0) is 9.84 Å². The number of hydrogen-bond acceptors (Lipinski definition) is 5. The average Bonchev–Trinajstić information content (AvgIpc) is 2.67. The summed E-state index contributed by atoms with van der Waals surface area (Å²) in [6.07, 6.45) is 4.38. The van der Waals surface area contributed by atoms with Gasteiger partial charge >= 0.3 is 0 Å². The number of sulfone groups is 1. The maximum atomic E-state index is 13.3. The number of halogens is 1. The highest BCUT2D eigenvalue weighted by atomic mass is 79.9. The van der Waals surface area contributed by atoms with Gasteiger partial charge in [0, 0.05) is 34.2 Å². The largest absolute Gasteiger partial charge is 0.455 e. The van der Waals surface area contributed by atoms with E-state index in [2.05, 4.69) is 20.9 Å². The molecule has 28 heavy (non-hydrogen) atoms. The molecule has 140 valence electrons. The van der Waals surface area contributed by atoms with E-state index >= 15 is 0 Å². The van der Waals surface area contributed by atoms with E-state index < -0.39 is 9.84 Å². The van der Waals surface area contributed by atoms with Gasteiger partial charge in [-0.05, 0) is 58.4 Å². The Morgan fingerprint density at radius 3 is 2.36 bits per heavy atom. The number of nitrogens with zero attached hydrogens (tertiary/aromatic N) is 1. The third-order valence-corrected chi connectivity index (χ3v) is 5.90. The van der Waals surface area contributed by atoms with Gasteiger partial charge in [-0.25, -0.2) is 8.42 Å². The molecule has 2 heterocycles. The highest BCUT2D eigenvalue weighted by Gasteiger charge is 2.19. The molecule has 0 radical (unpaired) electrons. The van der Waals surface area contributed by atoms with Crippen LogP contribution >= 0.6 is 15.9 Å². The van der Waals surface area contributed by atoms with Crippen molar-refractivity contribution in [1.29, 1.82) is 0 Å². The molecular formula is C21H14BrNO4S. The van der Waals surface area contributed by atoms with Crippen LogP contribution in [0.3, 0.4) is 0 Å². The highest BCUT2D eigenvalue weighted by Crippen LogP contribution is 2.33. The van der Waals surface area contributed by atoms with Crippen molar-refractivity contribution in [3.8, 4) is 22.5 Å². The summed E-state index contributed by atoms with van der Waals surface area (Å²) < 4.78 is 30.3. The lowest BCUT2D eigenvalue weighted by molar-refractivity contribution is 0.601. The van der Waals surface area contributed by atoms with Gasteiger partial charge in [0.25, 0.3) is 0 Å². The zero-order chi connectivity index (χ0) is 19.9.